The van der Waals surface area contributed by atoms with Crippen LogP contribution in [-0.4, -0.2) is 51.7 Å². The molecule has 0 unspecified atom stereocenters. The number of rotatable bonds is 5. The summed E-state index contributed by atoms with van der Waals surface area (Å²) in [5.74, 6) is -3.62. The highest BCUT2D eigenvalue weighted by atomic mass is 32.2. The van der Waals surface area contributed by atoms with Crippen LogP contribution in [0.3, 0.4) is 0 Å². The summed E-state index contributed by atoms with van der Waals surface area (Å²) in [6.07, 6.45) is 4.87. The number of aromatic nitrogens is 1. The number of allylic oxidation sites excluding steroid dienone is 2. The highest BCUT2D eigenvalue weighted by molar-refractivity contribution is 8.13. The summed E-state index contributed by atoms with van der Waals surface area (Å²) in [4.78, 5) is 65.5. The fraction of sp³-hybridized carbons (Fsp3) is 0.333. The Morgan fingerprint density at radius 2 is 2.03 bits per heavy atom. The average molecular weight is 519 g/mol. The third kappa shape index (κ3) is 8.77. The molecule has 10 nitrogen and oxygen atoms in total. The third-order valence-corrected chi connectivity index (χ3v) is 5.58. The largest absolute Gasteiger partial charge is 0.456 e. The molecule has 2 atom stereocenters. The van der Waals surface area contributed by atoms with Crippen LogP contribution < -0.4 is 16.0 Å². The Kier molecular flexibility index (Phi) is 11.0. The Balaban J connectivity index is 2.34. The fourth-order valence-electron chi connectivity index (χ4n) is 2.95. The molecule has 192 valence electrons. The molecule has 3 N–H and O–H groups in total. The van der Waals surface area contributed by atoms with Crippen molar-refractivity contribution in [1.29, 1.82) is 0 Å². The van der Waals surface area contributed by atoms with E-state index in [1.54, 1.807) is 6.08 Å². The van der Waals surface area contributed by atoms with Gasteiger partial charge in [0.25, 0.3) is 11.8 Å². The molecular weight excluding hydrogens is 491 g/mol. The van der Waals surface area contributed by atoms with Crippen LogP contribution in [0.1, 0.15) is 42.9 Å². The van der Waals surface area contributed by atoms with Gasteiger partial charge in [-0.1, -0.05) is 30.0 Å². The van der Waals surface area contributed by atoms with Crippen molar-refractivity contribution in [3.8, 4) is 0 Å². The lowest BCUT2D eigenvalue weighted by Gasteiger charge is -2.20. The second-order valence-electron chi connectivity index (χ2n) is 7.49. The minimum Gasteiger partial charge on any atom is -0.456 e. The lowest BCUT2D eigenvalue weighted by atomic mass is 10.2. The van der Waals surface area contributed by atoms with Crippen molar-refractivity contribution in [2.24, 2.45) is 0 Å². The van der Waals surface area contributed by atoms with Gasteiger partial charge in [0.05, 0.1) is 18.7 Å². The molecule has 1 aromatic heterocycles. The maximum atomic E-state index is 14.3. The monoisotopic (exact) mass is 518 g/mol. The Bertz CT molecular complexity index is 1100. The Morgan fingerprint density at radius 3 is 2.69 bits per heavy atom. The normalized spacial score (nSPS) is 20.9. The van der Waals surface area contributed by atoms with E-state index in [1.165, 1.54) is 32.1 Å². The zero-order chi connectivity index (χ0) is 26.7. The summed E-state index contributed by atoms with van der Waals surface area (Å²) < 4.78 is 19.7. The van der Waals surface area contributed by atoms with Crippen LogP contribution in [0.5, 0.6) is 0 Å². The number of halogens is 1. The molecule has 0 aliphatic carbocycles. The molecule has 0 aromatic carbocycles. The number of esters is 1. The van der Waals surface area contributed by atoms with Crippen LogP contribution in [0, 0.1) is 5.82 Å². The number of fused-ring (bicyclic) bond motifs is 2. The first-order valence-electron chi connectivity index (χ1n) is 11.0. The number of hydrogen-bond donors (Lipinski definition) is 3. The number of pyridine rings is 1. The first-order chi connectivity index (χ1) is 17.1. The van der Waals surface area contributed by atoms with E-state index in [2.05, 4.69) is 27.5 Å². The van der Waals surface area contributed by atoms with Crippen molar-refractivity contribution in [3.05, 3.63) is 65.9 Å². The van der Waals surface area contributed by atoms with Gasteiger partial charge < -0.3 is 20.7 Å². The van der Waals surface area contributed by atoms with Crippen molar-refractivity contribution >= 4 is 40.6 Å². The van der Waals surface area contributed by atoms with Crippen molar-refractivity contribution in [2.45, 2.75) is 45.4 Å². The molecule has 2 rings (SSSR count). The number of nitrogens with one attached hydrogen (secondary N) is 3. The minimum atomic E-state index is -1.30. The quantitative estimate of drug-likeness (QED) is 0.231. The maximum absolute atomic E-state index is 14.3. The van der Waals surface area contributed by atoms with E-state index in [4.69, 9.17) is 4.74 Å². The van der Waals surface area contributed by atoms with Gasteiger partial charge in [-0.25, -0.2) is 14.2 Å². The Hall–Kier alpha value is -3.80. The van der Waals surface area contributed by atoms with E-state index in [0.29, 0.717) is 12.2 Å². The number of hydrogen-bond acceptors (Lipinski definition) is 8. The van der Waals surface area contributed by atoms with Gasteiger partial charge >= 0.3 is 5.97 Å². The second-order valence-corrected chi connectivity index (χ2v) is 8.76. The molecule has 2 bridgehead atoms. The zero-order valence-corrected chi connectivity index (χ0v) is 20.7. The molecule has 0 radical (unpaired) electrons. The van der Waals surface area contributed by atoms with Crippen molar-refractivity contribution in [1.82, 2.24) is 20.9 Å². The zero-order valence-electron chi connectivity index (χ0n) is 19.8. The fourth-order valence-corrected chi connectivity index (χ4v) is 3.49. The smallest absolute Gasteiger partial charge is 0.333 e. The number of amides is 3. The van der Waals surface area contributed by atoms with Crippen LogP contribution in [0.15, 0.2) is 48.7 Å². The first-order valence-corrected chi connectivity index (χ1v) is 12.0. The summed E-state index contributed by atoms with van der Waals surface area (Å²) in [6, 6.07) is 1.03. The number of nitrogens with zero attached hydrogens (tertiary/aromatic N) is 1. The van der Waals surface area contributed by atoms with E-state index in [1.807, 2.05) is 0 Å². The van der Waals surface area contributed by atoms with Gasteiger partial charge in [0, 0.05) is 12.7 Å². The number of ether oxygens (including phenoxy) is 1. The second kappa shape index (κ2) is 13.9. The number of carbonyl (C=O) groups is 5. The molecule has 0 saturated heterocycles. The summed E-state index contributed by atoms with van der Waals surface area (Å²) in [5.41, 5.74) is -0.610. The van der Waals surface area contributed by atoms with Gasteiger partial charge in [-0.3, -0.25) is 19.2 Å². The van der Waals surface area contributed by atoms with Gasteiger partial charge in [-0.15, -0.1) is 6.58 Å². The van der Waals surface area contributed by atoms with Gasteiger partial charge in [0.15, 0.2) is 16.6 Å². The predicted molar refractivity (Wildman–Crippen MR) is 131 cm³/mol. The Labute approximate surface area is 211 Å². The molecule has 1 aliphatic heterocycles. The summed E-state index contributed by atoms with van der Waals surface area (Å²) in [5, 5.41) is 7.20. The van der Waals surface area contributed by atoms with Crippen LogP contribution in [-0.2, 0) is 30.5 Å². The predicted octanol–water partition coefficient (Wildman–Crippen LogP) is 1.68. The van der Waals surface area contributed by atoms with Gasteiger partial charge in [0.2, 0.25) is 5.91 Å². The van der Waals surface area contributed by atoms with Gasteiger partial charge in [0.1, 0.15) is 17.8 Å². The van der Waals surface area contributed by atoms with E-state index in [0.717, 1.165) is 23.9 Å². The van der Waals surface area contributed by atoms with Crippen LogP contribution >= 0.6 is 11.8 Å². The summed E-state index contributed by atoms with van der Waals surface area (Å²) in [6.45, 7) is 6.32. The molecular formula is C24H27FN4O6S. The van der Waals surface area contributed by atoms with Crippen LogP contribution in [0.2, 0.25) is 0 Å². The van der Waals surface area contributed by atoms with Crippen LogP contribution in [0.4, 0.5) is 4.39 Å². The lowest BCUT2D eigenvalue weighted by Crippen LogP contribution is -2.45. The average Bonchev–Trinajstić information content (AvgIpc) is 2.83. The summed E-state index contributed by atoms with van der Waals surface area (Å²) in [7, 11) is 0. The molecule has 36 heavy (non-hydrogen) atoms. The Morgan fingerprint density at radius 1 is 1.28 bits per heavy atom. The maximum Gasteiger partial charge on any atom is 0.333 e. The number of carbonyl (C=O) groups excluding carboxylic acids is 5. The molecule has 12 heteroatoms. The lowest BCUT2D eigenvalue weighted by molar-refractivity contribution is -0.150. The SMILES string of the molecule is C=C[C@@H]1NC(=O)/C(=C/C)NC(=O)c2nc(ccc2F)CNC(=O)C[C@@H](/C=C/CCSC(C)=O)OC1=O. The molecule has 1 aromatic rings. The topological polar surface area (TPSA) is 144 Å². The highest BCUT2D eigenvalue weighted by Gasteiger charge is 2.26. The van der Waals surface area contributed by atoms with Crippen molar-refractivity contribution in [3.63, 3.8) is 0 Å². The van der Waals surface area contributed by atoms with Gasteiger partial charge in [-0.05, 0) is 31.6 Å². The van der Waals surface area contributed by atoms with Gasteiger partial charge in [-0.2, -0.15) is 0 Å². The van der Waals surface area contributed by atoms with E-state index >= 15 is 0 Å². The molecule has 0 saturated carbocycles. The molecule has 3 amide bonds. The summed E-state index contributed by atoms with van der Waals surface area (Å²) >= 11 is 1.14. The van der Waals surface area contributed by atoms with Crippen molar-refractivity contribution < 1.29 is 33.1 Å². The van der Waals surface area contributed by atoms with E-state index in [-0.39, 0.29) is 29.5 Å². The standard InChI is InChI=1S/C24H27FN4O6S/c1-4-18-22(32)29-19(5-2)24(34)35-16(8-6-7-11-36-14(3)30)12-20(31)26-13-15-9-10-17(25)21(27-15)23(33)28-18/h4-6,8-10,16,19H,2,7,11-13H2,1,3H3,(H,26,31)(H,28,33)(H,29,32)/b8-6+,18-4-/t16-,19+/m1/s1. The molecule has 0 fully saturated rings. The van der Waals surface area contributed by atoms with Crippen LogP contribution in [0.25, 0.3) is 0 Å². The minimum absolute atomic E-state index is 0.0299. The molecule has 0 spiro atoms. The third-order valence-electron chi connectivity index (χ3n) is 4.74. The van der Waals surface area contributed by atoms with E-state index in [9.17, 15) is 28.4 Å². The first kappa shape index (κ1) is 28.4. The molecule has 2 heterocycles. The number of thioether (sulfide) groups is 1. The highest BCUT2D eigenvalue weighted by Crippen LogP contribution is 2.11. The van der Waals surface area contributed by atoms with E-state index < -0.39 is 47.3 Å². The molecule has 1 aliphatic rings. The van der Waals surface area contributed by atoms with Crippen molar-refractivity contribution in [2.75, 3.05) is 5.75 Å². The number of cyclic esters (lactones) is 1.